The molecule has 7 nitrogen and oxygen atoms in total. The van der Waals surface area contributed by atoms with Crippen molar-refractivity contribution in [3.8, 4) is 0 Å². The first-order valence-electron chi connectivity index (χ1n) is 17.4. The zero-order chi connectivity index (χ0) is 33.6. The number of aromatic nitrogens is 6. The number of hydrogen-bond acceptors (Lipinski definition) is 5. The van der Waals surface area contributed by atoms with E-state index in [1.165, 1.54) is 5.56 Å². The van der Waals surface area contributed by atoms with Crippen molar-refractivity contribution < 1.29 is 4.79 Å². The largest absolute Gasteiger partial charge is 0.320 e. The molecule has 1 saturated carbocycles. The highest BCUT2D eigenvalue weighted by molar-refractivity contribution is 6.31. The lowest BCUT2D eigenvalue weighted by Gasteiger charge is -2.34. The lowest BCUT2D eigenvalue weighted by Crippen LogP contribution is -2.39. The van der Waals surface area contributed by atoms with E-state index >= 15 is 0 Å². The van der Waals surface area contributed by atoms with E-state index in [0.717, 1.165) is 85.1 Å². The fourth-order valence-electron chi connectivity index (χ4n) is 7.59. The van der Waals surface area contributed by atoms with Crippen LogP contribution < -0.4 is 0 Å². The van der Waals surface area contributed by atoms with Crippen molar-refractivity contribution in [2.75, 3.05) is 0 Å². The van der Waals surface area contributed by atoms with Gasteiger partial charge in [0.05, 0.1) is 0 Å². The maximum absolute atomic E-state index is 11.9. The third-order valence-electron chi connectivity index (χ3n) is 10.1. The Morgan fingerprint density at radius 3 is 1.92 bits per heavy atom. The first kappa shape index (κ1) is 32.7. The molecule has 6 aromatic rings. The Morgan fingerprint density at radius 1 is 0.796 bits per heavy atom. The Bertz CT molecular complexity index is 1880. The standard InChI is InChI=1S/C41H41ClN6O/c1-2-3-23-38-43-39(42)37(29-49)47(38)28-30-24-26-31(27-25-30)35-21-13-14-22-36(35)40-44-46-48(45-40)41(32-15-7-4-8-16-32,33-17-9-5-10-18-33)34-19-11-6-12-20-34/h4-12,15-20,24-27,29,35-36H,2-3,13-14,21-23,28H2,1H3/t35-,36+/m1/s1. The van der Waals surface area contributed by atoms with Crippen molar-refractivity contribution in [3.05, 3.63) is 166 Å². The van der Waals surface area contributed by atoms with Crippen LogP contribution in [-0.2, 0) is 18.5 Å². The number of nitrogens with zero attached hydrogens (tertiary/aromatic N) is 6. The SMILES string of the molecule is CCCCc1nc(Cl)c(C=O)n1Cc1ccc([C@H]2CCCC[C@@H]2c2nnn(C(c3ccccc3)(c3ccccc3)c3ccccc3)n2)cc1. The maximum Gasteiger partial charge on any atom is 0.178 e. The third-order valence-corrected chi connectivity index (χ3v) is 10.3. The molecule has 0 saturated heterocycles. The zero-order valence-electron chi connectivity index (χ0n) is 27.8. The van der Waals surface area contributed by atoms with E-state index in [9.17, 15) is 4.79 Å². The Morgan fingerprint density at radius 2 is 1.37 bits per heavy atom. The second kappa shape index (κ2) is 14.7. The maximum atomic E-state index is 11.9. The van der Waals surface area contributed by atoms with Crippen LogP contribution in [0.2, 0.25) is 5.15 Å². The quantitative estimate of drug-likeness (QED) is 0.0961. The normalized spacial score (nSPS) is 16.4. The highest BCUT2D eigenvalue weighted by atomic mass is 35.5. The summed E-state index contributed by atoms with van der Waals surface area (Å²) in [6.45, 7) is 2.70. The number of carbonyl (C=O) groups excluding carboxylic acids is 1. The molecule has 2 heterocycles. The van der Waals surface area contributed by atoms with Crippen LogP contribution >= 0.6 is 11.6 Å². The molecule has 0 radical (unpaired) electrons. The predicted molar refractivity (Wildman–Crippen MR) is 193 cm³/mol. The number of carbonyl (C=O) groups is 1. The number of imidazole rings is 1. The summed E-state index contributed by atoms with van der Waals surface area (Å²) in [4.78, 5) is 18.2. The van der Waals surface area contributed by atoms with Crippen LogP contribution in [0.15, 0.2) is 115 Å². The summed E-state index contributed by atoms with van der Waals surface area (Å²) in [6.07, 6.45) is 8.01. The number of aldehydes is 1. The molecule has 0 amide bonds. The average Bonchev–Trinajstić information content (AvgIpc) is 3.77. The monoisotopic (exact) mass is 668 g/mol. The van der Waals surface area contributed by atoms with Gasteiger partial charge in [-0.3, -0.25) is 4.79 Å². The molecule has 248 valence electrons. The van der Waals surface area contributed by atoms with Gasteiger partial charge in [-0.1, -0.05) is 153 Å². The summed E-state index contributed by atoms with van der Waals surface area (Å²) in [5.41, 5.74) is 5.23. The molecule has 2 aromatic heterocycles. The van der Waals surface area contributed by atoms with Gasteiger partial charge in [0.2, 0.25) is 0 Å². The van der Waals surface area contributed by atoms with Gasteiger partial charge in [0, 0.05) is 18.9 Å². The number of tetrazole rings is 1. The van der Waals surface area contributed by atoms with E-state index in [0.29, 0.717) is 12.2 Å². The topological polar surface area (TPSA) is 78.5 Å². The molecule has 0 spiro atoms. The zero-order valence-corrected chi connectivity index (χ0v) is 28.6. The number of rotatable bonds is 12. The van der Waals surface area contributed by atoms with Crippen LogP contribution in [0.4, 0.5) is 0 Å². The molecule has 0 aliphatic heterocycles. The van der Waals surface area contributed by atoms with E-state index < -0.39 is 5.54 Å². The van der Waals surface area contributed by atoms with Crippen molar-refractivity contribution >= 4 is 17.9 Å². The minimum atomic E-state index is -0.798. The predicted octanol–water partition coefficient (Wildman–Crippen LogP) is 9.01. The Hall–Kier alpha value is -4.88. The highest BCUT2D eigenvalue weighted by Gasteiger charge is 2.42. The van der Waals surface area contributed by atoms with Gasteiger partial charge in [-0.25, -0.2) is 4.98 Å². The summed E-state index contributed by atoms with van der Waals surface area (Å²) >= 11 is 6.35. The van der Waals surface area contributed by atoms with Crippen LogP contribution in [0, 0.1) is 0 Å². The first-order valence-corrected chi connectivity index (χ1v) is 17.8. The van der Waals surface area contributed by atoms with Crippen LogP contribution in [-0.4, -0.2) is 36.0 Å². The molecule has 1 aliphatic rings. The lowest BCUT2D eigenvalue weighted by atomic mass is 9.75. The molecule has 1 fully saturated rings. The van der Waals surface area contributed by atoms with Gasteiger partial charge in [0.1, 0.15) is 11.5 Å². The average molecular weight is 669 g/mol. The number of aryl methyl sites for hydroxylation is 1. The van der Waals surface area contributed by atoms with Crippen LogP contribution in [0.5, 0.6) is 0 Å². The fourth-order valence-corrected chi connectivity index (χ4v) is 7.83. The van der Waals surface area contributed by atoms with E-state index in [1.807, 2.05) is 27.6 Å². The minimum absolute atomic E-state index is 0.142. The van der Waals surface area contributed by atoms with E-state index in [1.54, 1.807) is 0 Å². The molecule has 0 N–H and O–H groups in total. The molecule has 7 rings (SSSR count). The Kier molecular flexibility index (Phi) is 9.80. The van der Waals surface area contributed by atoms with E-state index in [-0.39, 0.29) is 17.0 Å². The minimum Gasteiger partial charge on any atom is -0.320 e. The summed E-state index contributed by atoms with van der Waals surface area (Å²) in [5, 5.41) is 15.2. The van der Waals surface area contributed by atoms with Gasteiger partial charge in [0.15, 0.2) is 22.8 Å². The van der Waals surface area contributed by atoms with Gasteiger partial charge in [-0.2, -0.15) is 0 Å². The summed E-state index contributed by atoms with van der Waals surface area (Å²) in [6, 6.07) is 40.2. The van der Waals surface area contributed by atoms with Crippen molar-refractivity contribution in [3.63, 3.8) is 0 Å². The fraction of sp³-hybridized carbons (Fsp3) is 0.293. The van der Waals surface area contributed by atoms with Crippen LogP contribution in [0.25, 0.3) is 0 Å². The molecule has 8 heteroatoms. The Labute approximate surface area is 293 Å². The molecular formula is C41H41ClN6O. The van der Waals surface area contributed by atoms with Gasteiger partial charge in [-0.05, 0) is 58.2 Å². The van der Waals surface area contributed by atoms with Crippen molar-refractivity contribution in [2.24, 2.45) is 0 Å². The molecule has 4 aromatic carbocycles. The number of unbranched alkanes of at least 4 members (excludes halogenated alkanes) is 1. The molecular weight excluding hydrogens is 628 g/mol. The van der Waals surface area contributed by atoms with Crippen LogP contribution in [0.3, 0.4) is 0 Å². The van der Waals surface area contributed by atoms with E-state index in [4.69, 9.17) is 27.0 Å². The van der Waals surface area contributed by atoms with Crippen molar-refractivity contribution in [2.45, 2.75) is 75.8 Å². The van der Waals surface area contributed by atoms with Crippen LogP contribution in [0.1, 0.15) is 107 Å². The second-order valence-electron chi connectivity index (χ2n) is 13.0. The number of hydrogen-bond donors (Lipinski definition) is 0. The van der Waals surface area contributed by atoms with Crippen molar-refractivity contribution in [1.29, 1.82) is 0 Å². The summed E-state index contributed by atoms with van der Waals surface area (Å²) < 4.78 is 1.96. The second-order valence-corrected chi connectivity index (χ2v) is 13.4. The van der Waals surface area contributed by atoms with Gasteiger partial charge >= 0.3 is 0 Å². The summed E-state index contributed by atoms with van der Waals surface area (Å²) in [5.74, 6) is 2.05. The molecule has 1 aliphatic carbocycles. The molecule has 0 bridgehead atoms. The highest BCUT2D eigenvalue weighted by Crippen LogP contribution is 2.44. The van der Waals surface area contributed by atoms with E-state index in [2.05, 4.69) is 109 Å². The molecule has 2 atom stereocenters. The number of halogens is 1. The van der Waals surface area contributed by atoms with Crippen molar-refractivity contribution in [1.82, 2.24) is 29.8 Å². The molecule has 49 heavy (non-hydrogen) atoms. The Balaban J connectivity index is 1.23. The van der Waals surface area contributed by atoms with Gasteiger partial charge < -0.3 is 4.57 Å². The smallest absolute Gasteiger partial charge is 0.178 e. The third kappa shape index (κ3) is 6.35. The summed E-state index contributed by atoms with van der Waals surface area (Å²) in [7, 11) is 0. The van der Waals surface area contributed by atoms with Gasteiger partial charge in [0.25, 0.3) is 0 Å². The number of benzene rings is 4. The molecule has 0 unspecified atom stereocenters. The van der Waals surface area contributed by atoms with Gasteiger partial charge in [-0.15, -0.1) is 15.0 Å². The lowest BCUT2D eigenvalue weighted by molar-refractivity contribution is 0.111. The first-order chi connectivity index (χ1) is 24.1.